The number of carbonyl (C=O) groups is 1. The summed E-state index contributed by atoms with van der Waals surface area (Å²) in [5, 5.41) is 31.4. The number of aryl methyl sites for hydroxylation is 1. The predicted octanol–water partition coefficient (Wildman–Crippen LogP) is 3.20. The molecule has 0 radical (unpaired) electrons. The van der Waals surface area contributed by atoms with Gasteiger partial charge in [-0.25, -0.2) is 0 Å². The topological polar surface area (TPSA) is 124 Å². The molecule has 0 fully saturated rings. The molecule has 0 aliphatic rings. The minimum Gasteiger partial charge on any atom is -0.300 e. The summed E-state index contributed by atoms with van der Waals surface area (Å²) < 4.78 is 0. The number of hydrogen-bond donors (Lipinski definition) is 1. The van der Waals surface area contributed by atoms with Gasteiger partial charge in [0.2, 0.25) is 11.0 Å². The van der Waals surface area contributed by atoms with Crippen LogP contribution in [0.2, 0.25) is 0 Å². The zero-order valence-corrected chi connectivity index (χ0v) is 15.8. The second-order valence-electron chi connectivity index (χ2n) is 5.25. The third-order valence-corrected chi connectivity index (χ3v) is 5.28. The van der Waals surface area contributed by atoms with Crippen molar-refractivity contribution in [2.75, 3.05) is 11.1 Å². The first-order valence-corrected chi connectivity index (χ1v) is 9.69. The Morgan fingerprint density at radius 2 is 1.93 bits per heavy atom. The Bertz CT molecular complexity index is 944. The zero-order valence-electron chi connectivity index (χ0n) is 14.2. The van der Waals surface area contributed by atoms with Crippen LogP contribution in [-0.2, 0) is 11.2 Å². The first kappa shape index (κ1) is 18.9. The van der Waals surface area contributed by atoms with Crippen molar-refractivity contribution in [3.8, 4) is 11.3 Å². The number of hydrogen-bond acceptors (Lipinski definition) is 9. The molecule has 0 spiro atoms. The lowest BCUT2D eigenvalue weighted by Gasteiger charge is -2.03. The Balaban J connectivity index is 1.55. The highest BCUT2D eigenvalue weighted by atomic mass is 32.2. The summed E-state index contributed by atoms with van der Waals surface area (Å²) in [5.41, 5.74) is 1.34. The van der Waals surface area contributed by atoms with E-state index in [0.717, 1.165) is 17.0 Å². The van der Waals surface area contributed by atoms with Crippen LogP contribution in [-0.4, -0.2) is 37.0 Å². The van der Waals surface area contributed by atoms with Crippen LogP contribution in [0.25, 0.3) is 11.3 Å². The van der Waals surface area contributed by atoms with Gasteiger partial charge < -0.3 is 0 Å². The van der Waals surface area contributed by atoms with Gasteiger partial charge in [0, 0.05) is 17.7 Å². The van der Waals surface area contributed by atoms with Crippen LogP contribution in [0.3, 0.4) is 0 Å². The number of carbonyl (C=O) groups excluding carboxylic acids is 1. The van der Waals surface area contributed by atoms with Gasteiger partial charge >= 0.3 is 0 Å². The number of thioether (sulfide) groups is 1. The molecule has 1 N–H and O–H groups in total. The van der Waals surface area contributed by atoms with Crippen molar-refractivity contribution in [2.24, 2.45) is 0 Å². The molecule has 2 heterocycles. The first-order valence-electron chi connectivity index (χ1n) is 7.88. The molecular weight excluding hydrogens is 388 g/mol. The van der Waals surface area contributed by atoms with Crippen LogP contribution in [0.1, 0.15) is 11.9 Å². The Kier molecular flexibility index (Phi) is 6.04. The molecule has 9 nitrogen and oxygen atoms in total. The molecule has 0 bridgehead atoms. The molecule has 0 aliphatic carbocycles. The van der Waals surface area contributed by atoms with Gasteiger partial charge in [-0.05, 0) is 30.7 Å². The summed E-state index contributed by atoms with van der Waals surface area (Å²) in [6.07, 6.45) is 0.777. The lowest BCUT2D eigenvalue weighted by atomic mass is 10.1. The summed E-state index contributed by atoms with van der Waals surface area (Å²) in [4.78, 5) is 22.2. The van der Waals surface area contributed by atoms with E-state index < -0.39 is 4.92 Å². The van der Waals surface area contributed by atoms with Gasteiger partial charge in [-0.15, -0.1) is 20.4 Å². The molecule has 1 aromatic carbocycles. The van der Waals surface area contributed by atoms with E-state index in [1.54, 1.807) is 24.3 Å². The van der Waals surface area contributed by atoms with Gasteiger partial charge in [-0.2, -0.15) is 0 Å². The second-order valence-corrected chi connectivity index (χ2v) is 7.31. The molecule has 3 rings (SSSR count). The second kappa shape index (κ2) is 8.64. The summed E-state index contributed by atoms with van der Waals surface area (Å²) in [6.45, 7) is 1.97. The highest BCUT2D eigenvalue weighted by Gasteiger charge is 2.10. The number of nitrogens with one attached hydrogen (secondary N) is 1. The highest BCUT2D eigenvalue weighted by Crippen LogP contribution is 2.22. The number of amides is 1. The fraction of sp³-hybridized carbons (Fsp3) is 0.188. The highest BCUT2D eigenvalue weighted by molar-refractivity contribution is 7.99. The largest absolute Gasteiger partial charge is 0.300 e. The Morgan fingerprint density at radius 1 is 1.15 bits per heavy atom. The monoisotopic (exact) mass is 402 g/mol. The molecule has 3 aromatic rings. The van der Waals surface area contributed by atoms with Crippen LogP contribution < -0.4 is 5.32 Å². The number of nitro groups is 1. The SMILES string of the molecule is CCc1nnc(NC(=O)CSc2ccc(-c3ccc([N+](=O)[O-])cc3)nn2)s1. The van der Waals surface area contributed by atoms with Crippen LogP contribution in [0.5, 0.6) is 0 Å². The maximum absolute atomic E-state index is 12.0. The van der Waals surface area contributed by atoms with E-state index in [-0.39, 0.29) is 17.3 Å². The summed E-state index contributed by atoms with van der Waals surface area (Å²) in [7, 11) is 0. The first-order chi connectivity index (χ1) is 13.0. The molecule has 0 atom stereocenters. The zero-order chi connectivity index (χ0) is 19.2. The van der Waals surface area contributed by atoms with E-state index in [1.807, 2.05) is 6.92 Å². The Hall–Kier alpha value is -2.92. The number of rotatable bonds is 7. The molecule has 11 heteroatoms. The minimum atomic E-state index is -0.453. The molecule has 1 amide bonds. The number of anilines is 1. The average Bonchev–Trinajstić information content (AvgIpc) is 3.14. The number of non-ortho nitro benzene ring substituents is 1. The maximum Gasteiger partial charge on any atom is 0.269 e. The Morgan fingerprint density at radius 3 is 2.52 bits per heavy atom. The molecule has 0 saturated carbocycles. The van der Waals surface area contributed by atoms with Crippen LogP contribution in [0.15, 0.2) is 41.4 Å². The predicted molar refractivity (Wildman–Crippen MR) is 103 cm³/mol. The number of nitrogens with zero attached hydrogens (tertiary/aromatic N) is 5. The molecule has 27 heavy (non-hydrogen) atoms. The lowest BCUT2D eigenvalue weighted by Crippen LogP contribution is -2.14. The molecular formula is C16H14N6O3S2. The smallest absolute Gasteiger partial charge is 0.269 e. The van der Waals surface area contributed by atoms with Crippen LogP contribution >= 0.6 is 23.1 Å². The van der Waals surface area contributed by atoms with E-state index in [2.05, 4.69) is 25.7 Å². The standard InChI is InChI=1S/C16H14N6O3S2/c1-2-14-19-21-16(27-14)17-13(23)9-26-15-8-7-12(18-20-15)10-3-5-11(6-4-10)22(24)25/h3-8H,2,9H2,1H3,(H,17,21,23). The molecule has 2 aromatic heterocycles. The lowest BCUT2D eigenvalue weighted by molar-refractivity contribution is -0.384. The van der Waals surface area contributed by atoms with Gasteiger partial charge in [0.1, 0.15) is 10.0 Å². The van der Waals surface area contributed by atoms with Crippen LogP contribution in [0.4, 0.5) is 10.8 Å². The number of aromatic nitrogens is 4. The summed E-state index contributed by atoms with van der Waals surface area (Å²) in [5.74, 6) is -0.0212. The van der Waals surface area contributed by atoms with Gasteiger partial charge in [0.25, 0.3) is 5.69 Å². The average molecular weight is 402 g/mol. The van der Waals surface area contributed by atoms with Crippen molar-refractivity contribution in [3.05, 3.63) is 51.5 Å². The van der Waals surface area contributed by atoms with E-state index in [4.69, 9.17) is 0 Å². The van der Waals surface area contributed by atoms with Crippen molar-refractivity contribution < 1.29 is 9.72 Å². The van der Waals surface area contributed by atoms with Gasteiger partial charge in [-0.1, -0.05) is 30.0 Å². The third kappa shape index (κ3) is 5.05. The normalized spacial score (nSPS) is 10.6. The van der Waals surface area contributed by atoms with Gasteiger partial charge in [-0.3, -0.25) is 20.2 Å². The van der Waals surface area contributed by atoms with Crippen molar-refractivity contribution >= 4 is 39.8 Å². The van der Waals surface area contributed by atoms with E-state index in [0.29, 0.717) is 15.9 Å². The van der Waals surface area contributed by atoms with Crippen molar-refractivity contribution in [3.63, 3.8) is 0 Å². The fourth-order valence-corrected chi connectivity index (χ4v) is 3.36. The van der Waals surface area contributed by atoms with Crippen molar-refractivity contribution in [1.29, 1.82) is 0 Å². The third-order valence-electron chi connectivity index (χ3n) is 3.38. The van der Waals surface area contributed by atoms with Crippen molar-refractivity contribution in [1.82, 2.24) is 20.4 Å². The Labute approximate surface area is 162 Å². The van der Waals surface area contributed by atoms with Crippen LogP contribution in [0, 0.1) is 10.1 Å². The van der Waals surface area contributed by atoms with E-state index >= 15 is 0 Å². The summed E-state index contributed by atoms with van der Waals surface area (Å²) in [6, 6.07) is 9.58. The molecule has 0 unspecified atom stereocenters. The minimum absolute atomic E-state index is 0.0198. The van der Waals surface area contributed by atoms with Gasteiger partial charge in [0.05, 0.1) is 16.4 Å². The quantitative estimate of drug-likeness (QED) is 0.363. The molecule has 0 aliphatic heterocycles. The van der Waals surface area contributed by atoms with E-state index in [1.165, 1.54) is 35.2 Å². The number of nitro benzene ring substituents is 1. The van der Waals surface area contributed by atoms with Crippen molar-refractivity contribution in [2.45, 2.75) is 18.4 Å². The molecule has 138 valence electrons. The maximum atomic E-state index is 12.0. The summed E-state index contributed by atoms with van der Waals surface area (Å²) >= 11 is 2.60. The van der Waals surface area contributed by atoms with E-state index in [9.17, 15) is 14.9 Å². The number of benzene rings is 1. The molecule has 0 saturated heterocycles. The van der Waals surface area contributed by atoms with Gasteiger partial charge in [0.15, 0.2) is 0 Å². The fourth-order valence-electron chi connectivity index (χ4n) is 2.05.